The predicted molar refractivity (Wildman–Crippen MR) is 117 cm³/mol. The van der Waals surface area contributed by atoms with Crippen molar-refractivity contribution in [2.75, 3.05) is 13.2 Å². The molecule has 162 valence electrons. The lowest BCUT2D eigenvalue weighted by Crippen LogP contribution is -2.25. The maximum absolute atomic E-state index is 11.8. The summed E-state index contributed by atoms with van der Waals surface area (Å²) in [6.07, 6.45) is 6.11. The summed E-state index contributed by atoms with van der Waals surface area (Å²) in [5.74, 6) is -0.0674. The van der Waals surface area contributed by atoms with E-state index in [9.17, 15) is 9.59 Å². The third-order valence-electron chi connectivity index (χ3n) is 3.69. The maximum Gasteiger partial charge on any atom is 0.277 e. The van der Waals surface area contributed by atoms with Crippen LogP contribution in [0.1, 0.15) is 11.4 Å². The SMILES string of the molecule is O=C(COc1cccc(OCC(=O)N/N=C/c2ccccn2)c1)N/N=C/c1ccccn1. The van der Waals surface area contributed by atoms with Gasteiger partial charge in [-0.05, 0) is 36.4 Å². The smallest absolute Gasteiger partial charge is 0.277 e. The van der Waals surface area contributed by atoms with E-state index in [0.29, 0.717) is 22.9 Å². The number of rotatable bonds is 10. The molecule has 0 bridgehead atoms. The van der Waals surface area contributed by atoms with Crippen molar-refractivity contribution in [3.05, 3.63) is 84.4 Å². The number of benzene rings is 1. The number of amides is 2. The van der Waals surface area contributed by atoms with Crippen LogP contribution in [-0.4, -0.2) is 47.4 Å². The largest absolute Gasteiger partial charge is 0.484 e. The highest BCUT2D eigenvalue weighted by atomic mass is 16.5. The molecule has 2 heterocycles. The lowest BCUT2D eigenvalue weighted by Gasteiger charge is -2.08. The first-order chi connectivity index (χ1) is 15.7. The number of aromatic nitrogens is 2. The minimum Gasteiger partial charge on any atom is -0.484 e. The number of pyridine rings is 2. The van der Waals surface area contributed by atoms with Crippen molar-refractivity contribution < 1.29 is 19.1 Å². The van der Waals surface area contributed by atoms with Gasteiger partial charge in [-0.15, -0.1) is 0 Å². The summed E-state index contributed by atoms with van der Waals surface area (Å²) in [7, 11) is 0. The first-order valence-corrected chi connectivity index (χ1v) is 9.50. The van der Waals surface area contributed by atoms with E-state index in [2.05, 4.69) is 31.0 Å². The quantitative estimate of drug-likeness (QED) is 0.370. The monoisotopic (exact) mass is 432 g/mol. The lowest BCUT2D eigenvalue weighted by atomic mass is 10.3. The molecule has 0 unspecified atom stereocenters. The molecule has 0 aliphatic heterocycles. The third-order valence-corrected chi connectivity index (χ3v) is 3.69. The van der Waals surface area contributed by atoms with Crippen LogP contribution in [0, 0.1) is 0 Å². The van der Waals surface area contributed by atoms with E-state index in [1.165, 1.54) is 12.4 Å². The number of nitrogens with one attached hydrogen (secondary N) is 2. The summed E-state index contributed by atoms with van der Waals surface area (Å²) in [6, 6.07) is 17.3. The average molecular weight is 432 g/mol. The summed E-state index contributed by atoms with van der Waals surface area (Å²) in [6.45, 7) is -0.489. The first kappa shape index (κ1) is 22.1. The van der Waals surface area contributed by atoms with Crippen LogP contribution in [0.5, 0.6) is 11.5 Å². The van der Waals surface area contributed by atoms with Crippen molar-refractivity contribution in [3.8, 4) is 11.5 Å². The second-order valence-corrected chi connectivity index (χ2v) is 6.15. The van der Waals surface area contributed by atoms with Crippen LogP contribution < -0.4 is 20.3 Å². The molecule has 0 spiro atoms. The van der Waals surface area contributed by atoms with Gasteiger partial charge < -0.3 is 9.47 Å². The van der Waals surface area contributed by atoms with Gasteiger partial charge >= 0.3 is 0 Å². The third kappa shape index (κ3) is 8.03. The molecule has 3 aromatic rings. The van der Waals surface area contributed by atoms with Crippen molar-refractivity contribution in [1.82, 2.24) is 20.8 Å². The van der Waals surface area contributed by atoms with E-state index in [-0.39, 0.29) is 13.2 Å². The molecule has 3 rings (SSSR count). The minimum absolute atomic E-state index is 0.244. The van der Waals surface area contributed by atoms with Gasteiger partial charge in [-0.2, -0.15) is 10.2 Å². The molecular weight excluding hydrogens is 412 g/mol. The molecule has 0 saturated heterocycles. The zero-order chi connectivity index (χ0) is 22.4. The molecule has 10 nitrogen and oxygen atoms in total. The summed E-state index contributed by atoms with van der Waals surface area (Å²) in [5, 5.41) is 7.62. The molecule has 2 N–H and O–H groups in total. The molecule has 10 heteroatoms. The van der Waals surface area contributed by atoms with E-state index in [4.69, 9.17) is 9.47 Å². The Morgan fingerprint density at radius 1 is 0.750 bits per heavy atom. The molecule has 0 fully saturated rings. The van der Waals surface area contributed by atoms with Crippen molar-refractivity contribution >= 4 is 24.2 Å². The Bertz CT molecular complexity index is 991. The number of carbonyl (C=O) groups is 2. The van der Waals surface area contributed by atoms with Gasteiger partial charge in [0.15, 0.2) is 13.2 Å². The molecule has 0 aliphatic carbocycles. The summed E-state index contributed by atoms with van der Waals surface area (Å²) < 4.78 is 10.8. The number of hydrogen-bond acceptors (Lipinski definition) is 8. The van der Waals surface area contributed by atoms with Crippen molar-refractivity contribution in [3.63, 3.8) is 0 Å². The van der Waals surface area contributed by atoms with Crippen LogP contribution in [-0.2, 0) is 9.59 Å². The Hall–Kier alpha value is -4.60. The number of nitrogens with zero attached hydrogens (tertiary/aromatic N) is 4. The van der Waals surface area contributed by atoms with Crippen LogP contribution in [0.15, 0.2) is 83.3 Å². The van der Waals surface area contributed by atoms with Crippen molar-refractivity contribution in [2.24, 2.45) is 10.2 Å². The summed E-state index contributed by atoms with van der Waals surface area (Å²) in [5.41, 5.74) is 5.93. The molecule has 0 atom stereocenters. The van der Waals surface area contributed by atoms with Crippen LogP contribution in [0.25, 0.3) is 0 Å². The molecule has 2 aromatic heterocycles. The fraction of sp³-hybridized carbons (Fsp3) is 0.0909. The number of carbonyl (C=O) groups excluding carboxylic acids is 2. The second-order valence-electron chi connectivity index (χ2n) is 6.15. The molecule has 1 aromatic carbocycles. The summed E-state index contributed by atoms with van der Waals surface area (Å²) >= 11 is 0. The first-order valence-electron chi connectivity index (χ1n) is 9.50. The highest BCUT2D eigenvalue weighted by Gasteiger charge is 2.05. The maximum atomic E-state index is 11.8. The van der Waals surface area contributed by atoms with Crippen LogP contribution in [0.3, 0.4) is 0 Å². The number of hydrogen-bond donors (Lipinski definition) is 2. The second kappa shape index (κ2) is 12.2. The fourth-order valence-electron chi connectivity index (χ4n) is 2.26. The van der Waals surface area contributed by atoms with Gasteiger partial charge in [0.25, 0.3) is 11.8 Å². The van der Waals surface area contributed by atoms with Gasteiger partial charge in [0.2, 0.25) is 0 Å². The van der Waals surface area contributed by atoms with E-state index in [1.807, 2.05) is 12.1 Å². The standard InChI is InChI=1S/C22H20N6O4/c29-21(27-25-13-17-6-1-3-10-23-17)15-31-19-8-5-9-20(12-19)32-16-22(30)28-26-14-18-7-2-4-11-24-18/h1-14H,15-16H2,(H,27,29)(H,28,30)/b25-13+,26-14+. The highest BCUT2D eigenvalue weighted by Crippen LogP contribution is 2.19. The molecule has 0 saturated carbocycles. The van der Waals surface area contributed by atoms with Gasteiger partial charge in [-0.3, -0.25) is 19.6 Å². The Morgan fingerprint density at radius 2 is 1.25 bits per heavy atom. The fourth-order valence-corrected chi connectivity index (χ4v) is 2.26. The van der Waals surface area contributed by atoms with Gasteiger partial charge in [0, 0.05) is 18.5 Å². The van der Waals surface area contributed by atoms with E-state index < -0.39 is 11.8 Å². The number of ether oxygens (including phenoxy) is 2. The average Bonchev–Trinajstić information content (AvgIpc) is 2.83. The molecule has 2 amide bonds. The van der Waals surface area contributed by atoms with E-state index in [0.717, 1.165) is 0 Å². The van der Waals surface area contributed by atoms with Gasteiger partial charge in [-0.1, -0.05) is 18.2 Å². The van der Waals surface area contributed by atoms with Crippen molar-refractivity contribution in [2.45, 2.75) is 0 Å². The van der Waals surface area contributed by atoms with Gasteiger partial charge in [0.1, 0.15) is 11.5 Å². The summed E-state index contributed by atoms with van der Waals surface area (Å²) in [4.78, 5) is 31.8. The van der Waals surface area contributed by atoms with Gasteiger partial charge in [0.05, 0.1) is 23.8 Å². The van der Waals surface area contributed by atoms with E-state index >= 15 is 0 Å². The van der Waals surface area contributed by atoms with Gasteiger partial charge in [-0.25, -0.2) is 10.9 Å². The lowest BCUT2D eigenvalue weighted by molar-refractivity contribution is -0.123. The zero-order valence-electron chi connectivity index (χ0n) is 16.9. The van der Waals surface area contributed by atoms with Crippen LogP contribution in [0.2, 0.25) is 0 Å². The Kier molecular flexibility index (Phi) is 8.41. The van der Waals surface area contributed by atoms with Crippen LogP contribution in [0.4, 0.5) is 0 Å². The number of hydrazone groups is 2. The topological polar surface area (TPSA) is 127 Å². The van der Waals surface area contributed by atoms with Crippen molar-refractivity contribution in [1.29, 1.82) is 0 Å². The highest BCUT2D eigenvalue weighted by molar-refractivity contribution is 5.82. The zero-order valence-corrected chi connectivity index (χ0v) is 16.9. The molecule has 0 radical (unpaired) electrons. The van der Waals surface area contributed by atoms with Crippen LogP contribution >= 0.6 is 0 Å². The Balaban J connectivity index is 1.38. The predicted octanol–water partition coefficient (Wildman–Crippen LogP) is 1.53. The van der Waals surface area contributed by atoms with E-state index in [1.54, 1.807) is 60.9 Å². The molecule has 32 heavy (non-hydrogen) atoms. The minimum atomic E-state index is -0.436. The molecular formula is C22H20N6O4. The Labute approximate surface area is 184 Å². The normalized spacial score (nSPS) is 10.8. The Morgan fingerprint density at radius 3 is 1.69 bits per heavy atom. The molecule has 0 aliphatic rings.